The smallest absolute Gasteiger partial charge is 0.257 e. The number of aromatic nitrogens is 2. The average Bonchev–Trinajstić information content (AvgIpc) is 2.88. The van der Waals surface area contributed by atoms with E-state index in [9.17, 15) is 14.3 Å². The number of aryl methyl sites for hydroxylation is 1. The molecular formula is C16H18FN3O2. The van der Waals surface area contributed by atoms with Gasteiger partial charge in [-0.1, -0.05) is 12.1 Å². The number of likely N-dealkylation sites (tertiary alicyclic amines) is 1. The van der Waals surface area contributed by atoms with Crippen molar-refractivity contribution in [3.8, 4) is 11.3 Å². The van der Waals surface area contributed by atoms with Crippen LogP contribution in [-0.2, 0) is 7.05 Å². The normalized spacial score (nSPS) is 18.5. The number of aliphatic hydroxyl groups is 1. The summed E-state index contributed by atoms with van der Waals surface area (Å²) >= 11 is 0. The highest BCUT2D eigenvalue weighted by molar-refractivity contribution is 5.99. The van der Waals surface area contributed by atoms with Crippen LogP contribution in [0.25, 0.3) is 11.3 Å². The van der Waals surface area contributed by atoms with Crippen molar-refractivity contribution in [3.05, 3.63) is 41.8 Å². The van der Waals surface area contributed by atoms with E-state index >= 15 is 0 Å². The molecule has 1 saturated heterocycles. The molecule has 2 aromatic rings. The van der Waals surface area contributed by atoms with Crippen molar-refractivity contribution < 1.29 is 14.3 Å². The molecule has 0 aliphatic carbocycles. The van der Waals surface area contributed by atoms with Crippen LogP contribution in [0.15, 0.2) is 30.5 Å². The standard InChI is InChI=1S/C16H18FN3O2/c1-19-10-14(16(22)20-7-3-6-13(21)9-20)15(18-19)11-4-2-5-12(17)8-11/h2,4-5,8,10,13,21H,3,6-7,9H2,1H3/t13-/m1/s1. The summed E-state index contributed by atoms with van der Waals surface area (Å²) in [7, 11) is 1.73. The Hall–Kier alpha value is -2.21. The van der Waals surface area contributed by atoms with Crippen LogP contribution < -0.4 is 0 Å². The first-order valence-electron chi connectivity index (χ1n) is 7.31. The Bertz CT molecular complexity index is 698. The SMILES string of the molecule is Cn1cc(C(=O)N2CCC[C@@H](O)C2)c(-c2cccc(F)c2)n1. The van der Waals surface area contributed by atoms with Gasteiger partial charge in [-0.25, -0.2) is 4.39 Å². The van der Waals surface area contributed by atoms with Crippen LogP contribution >= 0.6 is 0 Å². The van der Waals surface area contributed by atoms with E-state index in [2.05, 4.69) is 5.10 Å². The van der Waals surface area contributed by atoms with E-state index < -0.39 is 6.10 Å². The number of amides is 1. The Balaban J connectivity index is 1.95. The third kappa shape index (κ3) is 2.87. The fourth-order valence-corrected chi connectivity index (χ4v) is 2.80. The van der Waals surface area contributed by atoms with E-state index in [0.29, 0.717) is 36.3 Å². The van der Waals surface area contributed by atoms with Crippen LogP contribution in [-0.4, -0.2) is 44.9 Å². The van der Waals surface area contributed by atoms with Gasteiger partial charge in [0.1, 0.15) is 11.5 Å². The Morgan fingerprint density at radius 3 is 3.00 bits per heavy atom. The minimum Gasteiger partial charge on any atom is -0.391 e. The molecule has 6 heteroatoms. The highest BCUT2D eigenvalue weighted by Crippen LogP contribution is 2.25. The maximum Gasteiger partial charge on any atom is 0.257 e. The summed E-state index contributed by atoms with van der Waals surface area (Å²) in [6, 6.07) is 6.05. The maximum atomic E-state index is 13.4. The topological polar surface area (TPSA) is 58.4 Å². The fourth-order valence-electron chi connectivity index (χ4n) is 2.80. The molecule has 0 radical (unpaired) electrons. The molecule has 0 unspecified atom stereocenters. The van der Waals surface area contributed by atoms with Crippen LogP contribution in [0.4, 0.5) is 4.39 Å². The molecule has 1 amide bonds. The summed E-state index contributed by atoms with van der Waals surface area (Å²) < 4.78 is 15.0. The number of β-amino-alcohol motifs (C(OH)–C–C–N with tert-alkyl or cyclic N) is 1. The van der Waals surface area contributed by atoms with Gasteiger partial charge in [0.05, 0.1) is 11.7 Å². The predicted molar refractivity (Wildman–Crippen MR) is 79.7 cm³/mol. The van der Waals surface area contributed by atoms with Gasteiger partial charge in [-0.3, -0.25) is 9.48 Å². The number of halogens is 1. The van der Waals surface area contributed by atoms with Gasteiger partial charge >= 0.3 is 0 Å². The van der Waals surface area contributed by atoms with Crippen LogP contribution in [0.5, 0.6) is 0 Å². The summed E-state index contributed by atoms with van der Waals surface area (Å²) in [4.78, 5) is 14.3. The first-order chi connectivity index (χ1) is 10.5. The summed E-state index contributed by atoms with van der Waals surface area (Å²) in [6.45, 7) is 0.948. The van der Waals surface area contributed by atoms with Crippen molar-refractivity contribution in [2.24, 2.45) is 7.05 Å². The number of nitrogens with zero attached hydrogens (tertiary/aromatic N) is 3. The van der Waals surface area contributed by atoms with Gasteiger partial charge in [0, 0.05) is 31.9 Å². The minimum atomic E-state index is -0.480. The zero-order valence-corrected chi connectivity index (χ0v) is 12.4. The van der Waals surface area contributed by atoms with Crippen molar-refractivity contribution in [2.45, 2.75) is 18.9 Å². The van der Waals surface area contributed by atoms with E-state index in [4.69, 9.17) is 0 Å². The zero-order chi connectivity index (χ0) is 15.7. The molecule has 2 heterocycles. The van der Waals surface area contributed by atoms with Crippen molar-refractivity contribution in [2.75, 3.05) is 13.1 Å². The molecule has 0 spiro atoms. The average molecular weight is 303 g/mol. The molecule has 1 fully saturated rings. The highest BCUT2D eigenvalue weighted by atomic mass is 19.1. The second-order valence-corrected chi connectivity index (χ2v) is 5.62. The van der Waals surface area contributed by atoms with E-state index in [1.54, 1.807) is 35.0 Å². The molecule has 116 valence electrons. The first kappa shape index (κ1) is 14.7. The number of carbonyl (C=O) groups is 1. The second kappa shape index (κ2) is 5.88. The van der Waals surface area contributed by atoms with Crippen LogP contribution in [0.3, 0.4) is 0 Å². The molecule has 0 bridgehead atoms. The van der Waals surface area contributed by atoms with Gasteiger partial charge in [-0.15, -0.1) is 0 Å². The lowest BCUT2D eigenvalue weighted by molar-refractivity contribution is 0.0474. The van der Waals surface area contributed by atoms with Gasteiger partial charge in [0.2, 0.25) is 0 Å². The second-order valence-electron chi connectivity index (χ2n) is 5.62. The molecule has 1 aromatic carbocycles. The predicted octanol–water partition coefficient (Wildman–Crippen LogP) is 1.82. The van der Waals surface area contributed by atoms with E-state index in [-0.39, 0.29) is 11.7 Å². The van der Waals surface area contributed by atoms with E-state index in [1.165, 1.54) is 12.1 Å². The fraction of sp³-hybridized carbons (Fsp3) is 0.375. The van der Waals surface area contributed by atoms with Crippen LogP contribution in [0.1, 0.15) is 23.2 Å². The highest BCUT2D eigenvalue weighted by Gasteiger charge is 2.26. The lowest BCUT2D eigenvalue weighted by Crippen LogP contribution is -2.42. The van der Waals surface area contributed by atoms with Crippen LogP contribution in [0, 0.1) is 5.82 Å². The Morgan fingerprint density at radius 2 is 2.27 bits per heavy atom. The van der Waals surface area contributed by atoms with Gasteiger partial charge in [0.25, 0.3) is 5.91 Å². The Labute approximate surface area is 128 Å². The third-order valence-electron chi connectivity index (χ3n) is 3.84. The van der Waals surface area contributed by atoms with Crippen molar-refractivity contribution in [1.29, 1.82) is 0 Å². The molecular weight excluding hydrogens is 285 g/mol. The largest absolute Gasteiger partial charge is 0.391 e. The lowest BCUT2D eigenvalue weighted by atomic mass is 10.0. The lowest BCUT2D eigenvalue weighted by Gasteiger charge is -2.30. The molecule has 1 aromatic heterocycles. The van der Waals surface area contributed by atoms with Crippen molar-refractivity contribution >= 4 is 5.91 Å². The molecule has 22 heavy (non-hydrogen) atoms. The first-order valence-corrected chi connectivity index (χ1v) is 7.31. The quantitative estimate of drug-likeness (QED) is 0.920. The number of hydrogen-bond donors (Lipinski definition) is 1. The zero-order valence-electron chi connectivity index (χ0n) is 12.4. The summed E-state index contributed by atoms with van der Waals surface area (Å²) in [6.07, 6.45) is 2.66. The molecule has 1 atom stereocenters. The molecule has 3 rings (SSSR count). The number of benzene rings is 1. The number of piperidine rings is 1. The van der Waals surface area contributed by atoms with E-state index in [0.717, 1.165) is 6.42 Å². The molecule has 1 N–H and O–H groups in total. The summed E-state index contributed by atoms with van der Waals surface area (Å²) in [5.74, 6) is -0.541. The third-order valence-corrected chi connectivity index (χ3v) is 3.84. The molecule has 0 saturated carbocycles. The van der Waals surface area contributed by atoms with Crippen molar-refractivity contribution in [3.63, 3.8) is 0 Å². The number of aliphatic hydroxyl groups excluding tert-OH is 1. The molecule has 5 nitrogen and oxygen atoms in total. The van der Waals surface area contributed by atoms with Crippen molar-refractivity contribution in [1.82, 2.24) is 14.7 Å². The summed E-state index contributed by atoms with van der Waals surface area (Å²) in [5.41, 5.74) is 1.47. The Kier molecular flexibility index (Phi) is 3.94. The Morgan fingerprint density at radius 1 is 1.45 bits per heavy atom. The van der Waals surface area contributed by atoms with Gasteiger partial charge in [-0.05, 0) is 25.0 Å². The maximum absolute atomic E-state index is 13.4. The van der Waals surface area contributed by atoms with Gasteiger partial charge in [0.15, 0.2) is 0 Å². The number of hydrogen-bond acceptors (Lipinski definition) is 3. The summed E-state index contributed by atoms with van der Waals surface area (Å²) in [5, 5.41) is 14.0. The minimum absolute atomic E-state index is 0.175. The van der Waals surface area contributed by atoms with Crippen LogP contribution in [0.2, 0.25) is 0 Å². The van der Waals surface area contributed by atoms with Gasteiger partial charge in [-0.2, -0.15) is 5.10 Å². The van der Waals surface area contributed by atoms with Gasteiger partial charge < -0.3 is 10.0 Å². The number of rotatable bonds is 2. The molecule has 1 aliphatic heterocycles. The number of carbonyl (C=O) groups excluding carboxylic acids is 1. The molecule has 1 aliphatic rings. The van der Waals surface area contributed by atoms with E-state index in [1.807, 2.05) is 0 Å². The monoisotopic (exact) mass is 303 g/mol.